The predicted molar refractivity (Wildman–Crippen MR) is 76.8 cm³/mol. The molecule has 1 aliphatic heterocycles. The average Bonchev–Trinajstić information content (AvgIpc) is 2.37. The number of nitrogens with one attached hydrogen (secondary N) is 1. The molecule has 0 spiro atoms. The van der Waals surface area contributed by atoms with Crippen LogP contribution < -0.4 is 5.32 Å². The summed E-state index contributed by atoms with van der Waals surface area (Å²) in [5.41, 5.74) is 0.319. The van der Waals surface area contributed by atoms with Crippen molar-refractivity contribution in [3.05, 3.63) is 24.4 Å². The van der Waals surface area contributed by atoms with Crippen LogP contribution >= 0.6 is 0 Å². The van der Waals surface area contributed by atoms with Gasteiger partial charge in [-0.3, -0.25) is 4.90 Å². The zero-order valence-corrected chi connectivity index (χ0v) is 11.8. The summed E-state index contributed by atoms with van der Waals surface area (Å²) in [5, 5.41) is 3.44. The first-order chi connectivity index (χ1) is 8.55. The lowest BCUT2D eigenvalue weighted by molar-refractivity contribution is 0.0903. The van der Waals surface area contributed by atoms with E-state index in [4.69, 9.17) is 0 Å². The smallest absolute Gasteiger partial charge is 0.125 e. The maximum absolute atomic E-state index is 4.30. The van der Waals surface area contributed by atoms with Gasteiger partial charge < -0.3 is 5.32 Å². The fourth-order valence-corrected chi connectivity index (χ4v) is 2.52. The molecule has 1 aromatic heterocycles. The second-order valence-electron chi connectivity index (χ2n) is 6.20. The molecule has 0 atom stereocenters. The largest absolute Gasteiger partial charge is 0.370 e. The molecule has 0 unspecified atom stereocenters. The van der Waals surface area contributed by atoms with Gasteiger partial charge in [0.2, 0.25) is 0 Å². The van der Waals surface area contributed by atoms with E-state index in [-0.39, 0.29) is 0 Å². The van der Waals surface area contributed by atoms with Crippen molar-refractivity contribution in [2.24, 2.45) is 5.92 Å². The van der Waals surface area contributed by atoms with Crippen molar-refractivity contribution in [1.29, 1.82) is 0 Å². The van der Waals surface area contributed by atoms with E-state index in [0.29, 0.717) is 5.54 Å². The summed E-state index contributed by atoms with van der Waals surface area (Å²) in [6, 6.07) is 6.01. The second kappa shape index (κ2) is 5.70. The quantitative estimate of drug-likeness (QED) is 0.890. The van der Waals surface area contributed by atoms with E-state index in [0.717, 1.165) is 18.3 Å². The van der Waals surface area contributed by atoms with Crippen LogP contribution in [0.5, 0.6) is 0 Å². The number of nitrogens with zero attached hydrogens (tertiary/aromatic N) is 2. The monoisotopic (exact) mass is 247 g/mol. The topological polar surface area (TPSA) is 28.2 Å². The number of aromatic nitrogens is 1. The maximum atomic E-state index is 4.30. The van der Waals surface area contributed by atoms with E-state index < -0.39 is 0 Å². The van der Waals surface area contributed by atoms with Gasteiger partial charge in [-0.1, -0.05) is 6.07 Å². The molecular weight excluding hydrogens is 222 g/mol. The second-order valence-corrected chi connectivity index (χ2v) is 6.20. The van der Waals surface area contributed by atoms with E-state index in [9.17, 15) is 0 Å². The van der Waals surface area contributed by atoms with Crippen molar-refractivity contribution in [2.45, 2.75) is 39.2 Å². The molecule has 2 rings (SSSR count). The summed E-state index contributed by atoms with van der Waals surface area (Å²) in [6.45, 7) is 10.4. The Labute approximate surface area is 111 Å². The molecule has 0 saturated carbocycles. The highest BCUT2D eigenvalue weighted by molar-refractivity contribution is 5.32. The molecule has 1 saturated heterocycles. The molecule has 1 fully saturated rings. The Hall–Kier alpha value is -1.09. The van der Waals surface area contributed by atoms with Crippen LogP contribution in [0.4, 0.5) is 5.82 Å². The number of hydrogen-bond acceptors (Lipinski definition) is 3. The highest BCUT2D eigenvalue weighted by Crippen LogP contribution is 2.23. The zero-order valence-electron chi connectivity index (χ0n) is 11.8. The highest BCUT2D eigenvalue weighted by atomic mass is 15.2. The Morgan fingerprint density at radius 1 is 1.28 bits per heavy atom. The third-order valence-electron chi connectivity index (χ3n) is 3.80. The van der Waals surface area contributed by atoms with E-state index >= 15 is 0 Å². The average molecular weight is 247 g/mol. The molecule has 0 amide bonds. The van der Waals surface area contributed by atoms with Crippen LogP contribution in [0, 0.1) is 5.92 Å². The number of rotatable bonds is 3. The molecule has 0 radical (unpaired) electrons. The summed E-state index contributed by atoms with van der Waals surface area (Å²) in [7, 11) is 0. The number of hydrogen-bond donors (Lipinski definition) is 1. The minimum absolute atomic E-state index is 0.319. The number of likely N-dealkylation sites (tertiary alicyclic amines) is 1. The van der Waals surface area contributed by atoms with Crippen LogP contribution in [0.15, 0.2) is 24.4 Å². The summed E-state index contributed by atoms with van der Waals surface area (Å²) in [4.78, 5) is 6.88. The summed E-state index contributed by atoms with van der Waals surface area (Å²) >= 11 is 0. The summed E-state index contributed by atoms with van der Waals surface area (Å²) in [5.74, 6) is 1.78. The molecule has 1 aromatic rings. The maximum Gasteiger partial charge on any atom is 0.125 e. The molecule has 3 nitrogen and oxygen atoms in total. The van der Waals surface area contributed by atoms with Crippen LogP contribution in [-0.2, 0) is 0 Å². The Kier molecular flexibility index (Phi) is 4.23. The lowest BCUT2D eigenvalue weighted by Crippen LogP contribution is -2.46. The fourth-order valence-electron chi connectivity index (χ4n) is 2.52. The van der Waals surface area contributed by atoms with Gasteiger partial charge in [-0.2, -0.15) is 0 Å². The molecule has 18 heavy (non-hydrogen) atoms. The van der Waals surface area contributed by atoms with Gasteiger partial charge in [0, 0.05) is 18.3 Å². The zero-order chi connectivity index (χ0) is 13.0. The molecule has 2 heterocycles. The van der Waals surface area contributed by atoms with Gasteiger partial charge in [0.25, 0.3) is 0 Å². The van der Waals surface area contributed by atoms with Crippen molar-refractivity contribution >= 4 is 5.82 Å². The Balaban J connectivity index is 1.74. The molecule has 100 valence electrons. The fraction of sp³-hybridized carbons (Fsp3) is 0.667. The molecule has 0 aliphatic carbocycles. The van der Waals surface area contributed by atoms with Crippen LogP contribution in [-0.4, -0.2) is 35.1 Å². The van der Waals surface area contributed by atoms with Gasteiger partial charge in [-0.05, 0) is 64.8 Å². The van der Waals surface area contributed by atoms with E-state index in [2.05, 4.69) is 36.0 Å². The first-order valence-corrected chi connectivity index (χ1v) is 6.95. The van der Waals surface area contributed by atoms with Gasteiger partial charge in [0.05, 0.1) is 0 Å². The van der Waals surface area contributed by atoms with Crippen LogP contribution in [0.3, 0.4) is 0 Å². The van der Waals surface area contributed by atoms with E-state index in [1.54, 1.807) is 0 Å². The minimum atomic E-state index is 0.319. The third-order valence-corrected chi connectivity index (χ3v) is 3.80. The van der Waals surface area contributed by atoms with Crippen LogP contribution in [0.1, 0.15) is 33.6 Å². The predicted octanol–water partition coefficient (Wildman–Crippen LogP) is 3.00. The molecule has 1 N–H and O–H groups in total. The Bertz CT molecular complexity index is 348. The third kappa shape index (κ3) is 3.70. The first-order valence-electron chi connectivity index (χ1n) is 6.95. The van der Waals surface area contributed by atoms with Crippen molar-refractivity contribution in [2.75, 3.05) is 25.0 Å². The van der Waals surface area contributed by atoms with Gasteiger partial charge in [0.15, 0.2) is 0 Å². The summed E-state index contributed by atoms with van der Waals surface area (Å²) < 4.78 is 0. The van der Waals surface area contributed by atoms with Crippen LogP contribution in [0.25, 0.3) is 0 Å². The molecule has 0 aromatic carbocycles. The molecule has 3 heteroatoms. The number of piperidine rings is 1. The minimum Gasteiger partial charge on any atom is -0.370 e. The first kappa shape index (κ1) is 13.3. The van der Waals surface area contributed by atoms with E-state index in [1.165, 1.54) is 25.9 Å². The van der Waals surface area contributed by atoms with Crippen LogP contribution in [0.2, 0.25) is 0 Å². The highest BCUT2D eigenvalue weighted by Gasteiger charge is 2.26. The van der Waals surface area contributed by atoms with Crippen molar-refractivity contribution in [3.63, 3.8) is 0 Å². The van der Waals surface area contributed by atoms with Crippen molar-refractivity contribution in [1.82, 2.24) is 9.88 Å². The van der Waals surface area contributed by atoms with Gasteiger partial charge >= 0.3 is 0 Å². The number of anilines is 1. The van der Waals surface area contributed by atoms with Gasteiger partial charge in [0.1, 0.15) is 5.82 Å². The lowest BCUT2D eigenvalue weighted by atomic mass is 9.93. The Morgan fingerprint density at radius 2 is 2.00 bits per heavy atom. The van der Waals surface area contributed by atoms with Gasteiger partial charge in [-0.15, -0.1) is 0 Å². The lowest BCUT2D eigenvalue weighted by Gasteiger charge is -2.41. The van der Waals surface area contributed by atoms with Crippen molar-refractivity contribution < 1.29 is 0 Å². The molecule has 1 aliphatic rings. The molecule has 0 bridgehead atoms. The van der Waals surface area contributed by atoms with Gasteiger partial charge in [-0.25, -0.2) is 4.98 Å². The normalized spacial score (nSPS) is 18.8. The standard InChI is InChI=1S/C15H25N3/c1-15(2,3)18-10-7-13(8-11-18)12-17-14-6-4-5-9-16-14/h4-6,9,13H,7-8,10-12H2,1-3H3,(H,16,17). The molecular formula is C15H25N3. The Morgan fingerprint density at radius 3 is 2.56 bits per heavy atom. The van der Waals surface area contributed by atoms with Crippen molar-refractivity contribution in [3.8, 4) is 0 Å². The SMILES string of the molecule is CC(C)(C)N1CCC(CNc2ccccn2)CC1. The summed E-state index contributed by atoms with van der Waals surface area (Å²) in [6.07, 6.45) is 4.42. The number of pyridine rings is 1. The van der Waals surface area contributed by atoms with E-state index in [1.807, 2.05) is 24.4 Å².